The highest BCUT2D eigenvalue weighted by Gasteiger charge is 2.22. The van der Waals surface area contributed by atoms with E-state index >= 15 is 0 Å². The van der Waals surface area contributed by atoms with Crippen LogP contribution in [0, 0.1) is 59.3 Å². The van der Waals surface area contributed by atoms with Crippen LogP contribution in [0.5, 0.6) is 11.5 Å². The molecular weight excluding hydrogens is 676 g/mol. The van der Waals surface area contributed by atoms with E-state index < -0.39 is 23.8 Å². The van der Waals surface area contributed by atoms with Crippen molar-refractivity contribution in [1.82, 2.24) is 9.97 Å². The van der Waals surface area contributed by atoms with Gasteiger partial charge in [0.1, 0.15) is 11.5 Å². The molecule has 0 aliphatic heterocycles. The van der Waals surface area contributed by atoms with Crippen LogP contribution in [0.15, 0.2) is 72.8 Å². The first-order valence-electron chi connectivity index (χ1n) is 18.9. The van der Waals surface area contributed by atoms with E-state index in [0.29, 0.717) is 11.8 Å². The van der Waals surface area contributed by atoms with Gasteiger partial charge < -0.3 is 9.47 Å². The van der Waals surface area contributed by atoms with E-state index in [1.807, 2.05) is 12.1 Å². The summed E-state index contributed by atoms with van der Waals surface area (Å²) in [7, 11) is 0. The maximum absolute atomic E-state index is 13.6. The lowest BCUT2D eigenvalue weighted by molar-refractivity contribution is 0.309. The molecule has 2 heterocycles. The average molecular weight is 725 g/mol. The number of benzene rings is 2. The molecule has 2 aromatic carbocycles. The fraction of sp³-hybridized carbons (Fsp3) is 0.422. The second-order valence-corrected chi connectivity index (χ2v) is 13.8. The molecule has 0 N–H and O–H groups in total. The molecular formula is C45H48F4N2O2. The minimum absolute atomic E-state index is 0.163. The second-order valence-electron chi connectivity index (χ2n) is 13.8. The van der Waals surface area contributed by atoms with Gasteiger partial charge in [0.15, 0.2) is 0 Å². The normalized spacial score (nSPS) is 19.4. The number of halogens is 4. The van der Waals surface area contributed by atoms with Gasteiger partial charge in [-0.25, -0.2) is 0 Å². The summed E-state index contributed by atoms with van der Waals surface area (Å²) in [6.45, 7) is 5.76. The largest absolute Gasteiger partial charge is 0.494 e. The van der Waals surface area contributed by atoms with E-state index in [9.17, 15) is 17.6 Å². The van der Waals surface area contributed by atoms with Gasteiger partial charge in [-0.1, -0.05) is 68.2 Å². The molecule has 0 bridgehead atoms. The lowest BCUT2D eigenvalue weighted by Gasteiger charge is -2.26. The maximum atomic E-state index is 13.6. The van der Waals surface area contributed by atoms with Crippen LogP contribution in [-0.4, -0.2) is 23.2 Å². The Morgan fingerprint density at radius 3 is 1.32 bits per heavy atom. The van der Waals surface area contributed by atoms with E-state index in [-0.39, 0.29) is 23.0 Å². The standard InChI is InChI=1S/C23H25F2NO.C22H23F2NO/c1-2-3-16-27-21-13-10-19(11-14-21)18-7-4-17(5-8-18)6-9-20-12-15-22(24)26-23(20)25;1-2-15-26-20-12-9-18(10-13-20)17-6-3-16(4-7-17)5-8-19-11-14-21(23)25-22(19)24/h10-15,17-18H,2-5,7-8,16H2,1H3;9-14,16-17H,2-4,6-7,15H2,1H3. The fourth-order valence-electron chi connectivity index (χ4n) is 6.74. The molecule has 8 heteroatoms. The van der Waals surface area contributed by atoms with Gasteiger partial charge in [0.2, 0.25) is 23.8 Å². The third-order valence-corrected chi connectivity index (χ3v) is 9.85. The van der Waals surface area contributed by atoms with Crippen LogP contribution in [0.3, 0.4) is 0 Å². The quantitative estimate of drug-likeness (QED) is 0.0746. The number of hydrogen-bond donors (Lipinski definition) is 0. The molecule has 4 nitrogen and oxygen atoms in total. The second kappa shape index (κ2) is 20.4. The predicted octanol–water partition coefficient (Wildman–Crippen LogP) is 11.3. The molecule has 2 aliphatic rings. The molecule has 53 heavy (non-hydrogen) atoms. The van der Waals surface area contributed by atoms with Crippen LogP contribution in [0.2, 0.25) is 0 Å². The van der Waals surface area contributed by atoms with Crippen LogP contribution in [-0.2, 0) is 0 Å². The Bertz CT molecular complexity index is 1860. The first kappa shape index (κ1) is 39.4. The molecule has 2 fully saturated rings. The number of aromatic nitrogens is 2. The lowest BCUT2D eigenvalue weighted by Crippen LogP contribution is -2.12. The highest BCUT2D eigenvalue weighted by molar-refractivity contribution is 5.35. The number of hydrogen-bond acceptors (Lipinski definition) is 4. The zero-order chi connectivity index (χ0) is 37.4. The maximum Gasteiger partial charge on any atom is 0.231 e. The van der Waals surface area contributed by atoms with E-state index in [0.717, 1.165) is 107 Å². The highest BCUT2D eigenvalue weighted by atomic mass is 19.1. The number of unbranched alkanes of at least 4 members (excludes halogenated alkanes) is 1. The van der Waals surface area contributed by atoms with Crippen molar-refractivity contribution in [2.45, 2.75) is 96.3 Å². The smallest absolute Gasteiger partial charge is 0.231 e. The van der Waals surface area contributed by atoms with Crippen molar-refractivity contribution >= 4 is 0 Å². The van der Waals surface area contributed by atoms with Crippen LogP contribution in [0.25, 0.3) is 0 Å². The van der Waals surface area contributed by atoms with Gasteiger partial charge in [-0.05, 0) is 136 Å². The molecule has 0 amide bonds. The third kappa shape index (κ3) is 12.4. The van der Waals surface area contributed by atoms with Crippen molar-refractivity contribution in [3.63, 3.8) is 0 Å². The third-order valence-electron chi connectivity index (χ3n) is 9.85. The fourth-order valence-corrected chi connectivity index (χ4v) is 6.74. The van der Waals surface area contributed by atoms with Gasteiger partial charge in [-0.3, -0.25) is 0 Å². The topological polar surface area (TPSA) is 44.2 Å². The molecule has 2 aliphatic carbocycles. The number of rotatable bonds is 9. The minimum Gasteiger partial charge on any atom is -0.494 e. The van der Waals surface area contributed by atoms with E-state index in [1.165, 1.54) is 23.3 Å². The molecule has 278 valence electrons. The Kier molecular flexibility index (Phi) is 15.2. The van der Waals surface area contributed by atoms with Crippen molar-refractivity contribution in [3.05, 3.63) is 119 Å². The van der Waals surface area contributed by atoms with Gasteiger partial charge in [0.05, 0.1) is 24.3 Å². The van der Waals surface area contributed by atoms with Crippen molar-refractivity contribution < 1.29 is 27.0 Å². The molecule has 0 atom stereocenters. The minimum atomic E-state index is -0.837. The molecule has 0 unspecified atom stereocenters. The van der Waals surface area contributed by atoms with Crippen molar-refractivity contribution in [2.75, 3.05) is 13.2 Å². The van der Waals surface area contributed by atoms with E-state index in [1.54, 1.807) is 0 Å². The molecule has 4 aromatic rings. The van der Waals surface area contributed by atoms with Crippen LogP contribution in [0.4, 0.5) is 17.6 Å². The molecule has 6 rings (SSSR count). The summed E-state index contributed by atoms with van der Waals surface area (Å²) in [6, 6.07) is 21.8. The Hall–Kier alpha value is -4.82. The molecule has 0 saturated heterocycles. The molecule has 2 saturated carbocycles. The Labute approximate surface area is 311 Å². The van der Waals surface area contributed by atoms with Gasteiger partial charge in [0.25, 0.3) is 0 Å². The van der Waals surface area contributed by atoms with E-state index in [2.05, 4.69) is 83.9 Å². The van der Waals surface area contributed by atoms with Crippen molar-refractivity contribution in [3.8, 4) is 35.2 Å². The van der Waals surface area contributed by atoms with Gasteiger partial charge >= 0.3 is 0 Å². The molecule has 2 aromatic heterocycles. The first-order valence-corrected chi connectivity index (χ1v) is 18.9. The highest BCUT2D eigenvalue weighted by Crippen LogP contribution is 2.37. The summed E-state index contributed by atoms with van der Waals surface area (Å²) in [5.41, 5.74) is 3.01. The summed E-state index contributed by atoms with van der Waals surface area (Å²) in [5, 5.41) is 0. The Morgan fingerprint density at radius 1 is 0.528 bits per heavy atom. The van der Waals surface area contributed by atoms with Crippen molar-refractivity contribution in [1.29, 1.82) is 0 Å². The molecule has 0 radical (unpaired) electrons. The SMILES string of the molecule is CCCCOc1ccc(C2CCC(C#Cc3ccc(F)nc3F)CC2)cc1.CCCOc1ccc(C2CCC(C#Cc3ccc(F)nc3F)CC2)cc1. The summed E-state index contributed by atoms with van der Waals surface area (Å²) < 4.78 is 64.1. The Balaban J connectivity index is 0.000000204. The number of pyridine rings is 2. The summed E-state index contributed by atoms with van der Waals surface area (Å²) in [6.07, 6.45) is 11.4. The van der Waals surface area contributed by atoms with Crippen LogP contribution >= 0.6 is 0 Å². The van der Waals surface area contributed by atoms with Crippen LogP contribution in [0.1, 0.15) is 119 Å². The average Bonchev–Trinajstić information content (AvgIpc) is 3.18. The number of ether oxygens (including phenoxy) is 2. The summed E-state index contributed by atoms with van der Waals surface area (Å²) >= 11 is 0. The lowest BCUT2D eigenvalue weighted by atomic mass is 9.79. The summed E-state index contributed by atoms with van der Waals surface area (Å²) in [4.78, 5) is 6.34. The predicted molar refractivity (Wildman–Crippen MR) is 201 cm³/mol. The zero-order valence-corrected chi connectivity index (χ0v) is 30.7. The van der Waals surface area contributed by atoms with Gasteiger partial charge in [0, 0.05) is 11.8 Å². The number of nitrogens with zero attached hydrogens (tertiary/aromatic N) is 2. The van der Waals surface area contributed by atoms with E-state index in [4.69, 9.17) is 9.47 Å². The van der Waals surface area contributed by atoms with Crippen LogP contribution < -0.4 is 9.47 Å². The summed E-state index contributed by atoms with van der Waals surface area (Å²) in [5.74, 6) is 12.0. The zero-order valence-electron chi connectivity index (χ0n) is 30.7. The Morgan fingerprint density at radius 2 is 0.943 bits per heavy atom. The van der Waals surface area contributed by atoms with Gasteiger partial charge in [-0.15, -0.1) is 0 Å². The monoisotopic (exact) mass is 724 g/mol. The van der Waals surface area contributed by atoms with Crippen molar-refractivity contribution in [2.24, 2.45) is 11.8 Å². The first-order chi connectivity index (χ1) is 25.8. The van der Waals surface area contributed by atoms with Gasteiger partial charge in [-0.2, -0.15) is 27.5 Å². The molecule has 0 spiro atoms.